The molecule has 0 unspecified atom stereocenters. The number of rotatable bonds is 4. The van der Waals surface area contributed by atoms with Crippen LogP contribution in [0.1, 0.15) is 34.8 Å². The van der Waals surface area contributed by atoms with Crippen molar-refractivity contribution < 1.29 is 4.39 Å². The average molecular weight is 275 g/mol. The van der Waals surface area contributed by atoms with Crippen LogP contribution >= 0.6 is 11.3 Å². The predicted octanol–water partition coefficient (Wildman–Crippen LogP) is 4.23. The molecule has 1 fully saturated rings. The molecule has 19 heavy (non-hydrogen) atoms. The Morgan fingerprint density at radius 1 is 1.32 bits per heavy atom. The van der Waals surface area contributed by atoms with Gasteiger partial charge in [-0.15, -0.1) is 11.3 Å². The van der Waals surface area contributed by atoms with E-state index in [0.717, 1.165) is 24.9 Å². The lowest BCUT2D eigenvalue weighted by atomic mass is 9.76. The van der Waals surface area contributed by atoms with Gasteiger partial charge in [0, 0.05) is 17.5 Å². The van der Waals surface area contributed by atoms with Crippen molar-refractivity contribution in [3.63, 3.8) is 0 Å². The van der Waals surface area contributed by atoms with Crippen LogP contribution in [-0.2, 0) is 6.54 Å². The SMILES string of the molecule is Cc1ccsc1CNC1CC(c2cccc(F)c2)C1. The van der Waals surface area contributed by atoms with E-state index in [1.54, 1.807) is 12.1 Å². The molecule has 1 aromatic carbocycles. The smallest absolute Gasteiger partial charge is 0.123 e. The van der Waals surface area contributed by atoms with E-state index in [4.69, 9.17) is 0 Å². The lowest BCUT2D eigenvalue weighted by molar-refractivity contribution is 0.289. The maximum atomic E-state index is 13.1. The minimum absolute atomic E-state index is 0.122. The molecule has 0 bridgehead atoms. The van der Waals surface area contributed by atoms with Crippen molar-refractivity contribution in [3.8, 4) is 0 Å². The van der Waals surface area contributed by atoms with Gasteiger partial charge in [0.05, 0.1) is 0 Å². The van der Waals surface area contributed by atoms with Crippen LogP contribution in [0.5, 0.6) is 0 Å². The van der Waals surface area contributed by atoms with Gasteiger partial charge < -0.3 is 5.32 Å². The first-order chi connectivity index (χ1) is 9.22. The zero-order valence-corrected chi connectivity index (χ0v) is 11.8. The summed E-state index contributed by atoms with van der Waals surface area (Å²) in [6, 6.07) is 9.77. The molecular formula is C16H18FNS. The van der Waals surface area contributed by atoms with Crippen molar-refractivity contribution in [1.82, 2.24) is 5.32 Å². The number of aryl methyl sites for hydroxylation is 1. The molecule has 0 radical (unpaired) electrons. The fourth-order valence-electron chi connectivity index (χ4n) is 2.64. The van der Waals surface area contributed by atoms with Crippen LogP contribution in [0.15, 0.2) is 35.7 Å². The summed E-state index contributed by atoms with van der Waals surface area (Å²) in [7, 11) is 0. The van der Waals surface area contributed by atoms with Gasteiger partial charge in [-0.1, -0.05) is 12.1 Å². The molecule has 1 saturated carbocycles. The third kappa shape index (κ3) is 2.88. The van der Waals surface area contributed by atoms with Crippen LogP contribution in [0.4, 0.5) is 4.39 Å². The summed E-state index contributed by atoms with van der Waals surface area (Å²) >= 11 is 1.81. The summed E-state index contributed by atoms with van der Waals surface area (Å²) in [5.74, 6) is 0.403. The Morgan fingerprint density at radius 2 is 2.16 bits per heavy atom. The lowest BCUT2D eigenvalue weighted by Crippen LogP contribution is -2.39. The number of thiophene rings is 1. The van der Waals surface area contributed by atoms with Crippen LogP contribution in [0, 0.1) is 12.7 Å². The van der Waals surface area contributed by atoms with Gasteiger partial charge in [0.15, 0.2) is 0 Å². The predicted molar refractivity (Wildman–Crippen MR) is 78.1 cm³/mol. The summed E-state index contributed by atoms with van der Waals surface area (Å²) in [5.41, 5.74) is 2.52. The second-order valence-corrected chi connectivity index (χ2v) is 6.33. The highest BCUT2D eigenvalue weighted by Crippen LogP contribution is 2.37. The molecular weight excluding hydrogens is 257 g/mol. The summed E-state index contributed by atoms with van der Waals surface area (Å²) in [6.07, 6.45) is 2.24. The van der Waals surface area contributed by atoms with Crippen molar-refractivity contribution >= 4 is 11.3 Å². The van der Waals surface area contributed by atoms with Crippen molar-refractivity contribution in [2.45, 2.75) is 38.3 Å². The van der Waals surface area contributed by atoms with Gasteiger partial charge in [-0.2, -0.15) is 0 Å². The van der Waals surface area contributed by atoms with E-state index in [2.05, 4.69) is 23.7 Å². The number of nitrogens with one attached hydrogen (secondary N) is 1. The summed E-state index contributed by atoms with van der Waals surface area (Å²) in [5, 5.41) is 5.73. The van der Waals surface area contributed by atoms with Gasteiger partial charge in [0.25, 0.3) is 0 Å². The van der Waals surface area contributed by atoms with Crippen molar-refractivity contribution in [3.05, 3.63) is 57.5 Å². The molecule has 3 heteroatoms. The number of hydrogen-bond acceptors (Lipinski definition) is 2. The second-order valence-electron chi connectivity index (χ2n) is 5.33. The van der Waals surface area contributed by atoms with E-state index < -0.39 is 0 Å². The molecule has 3 rings (SSSR count). The maximum Gasteiger partial charge on any atom is 0.123 e. The standard InChI is InChI=1S/C16H18FNS/c1-11-5-6-19-16(11)10-18-15-8-13(9-15)12-3-2-4-14(17)7-12/h2-7,13,15,18H,8-10H2,1H3. The largest absolute Gasteiger partial charge is 0.309 e. The van der Waals surface area contributed by atoms with E-state index >= 15 is 0 Å². The Labute approximate surface area is 117 Å². The molecule has 100 valence electrons. The fourth-order valence-corrected chi connectivity index (χ4v) is 3.50. The van der Waals surface area contributed by atoms with E-state index in [-0.39, 0.29) is 5.82 Å². The second kappa shape index (κ2) is 5.43. The first-order valence-electron chi connectivity index (χ1n) is 6.74. The van der Waals surface area contributed by atoms with Gasteiger partial charge in [0.1, 0.15) is 5.82 Å². The fraction of sp³-hybridized carbons (Fsp3) is 0.375. The van der Waals surface area contributed by atoms with Gasteiger partial charge in [-0.05, 0) is 60.4 Å². The van der Waals surface area contributed by atoms with Crippen molar-refractivity contribution in [1.29, 1.82) is 0 Å². The highest BCUT2D eigenvalue weighted by molar-refractivity contribution is 7.10. The van der Waals surface area contributed by atoms with Crippen LogP contribution in [-0.4, -0.2) is 6.04 Å². The molecule has 1 N–H and O–H groups in total. The van der Waals surface area contributed by atoms with Crippen LogP contribution in [0.2, 0.25) is 0 Å². The molecule has 0 amide bonds. The molecule has 0 aliphatic heterocycles. The maximum absolute atomic E-state index is 13.1. The van der Waals surface area contributed by atoms with Gasteiger partial charge in [-0.25, -0.2) is 4.39 Å². The molecule has 1 heterocycles. The highest BCUT2D eigenvalue weighted by Gasteiger charge is 2.30. The quantitative estimate of drug-likeness (QED) is 0.880. The van der Waals surface area contributed by atoms with E-state index in [1.165, 1.54) is 16.5 Å². The first-order valence-corrected chi connectivity index (χ1v) is 7.62. The monoisotopic (exact) mass is 275 g/mol. The van der Waals surface area contributed by atoms with Gasteiger partial charge in [0.2, 0.25) is 0 Å². The van der Waals surface area contributed by atoms with Gasteiger partial charge in [-0.3, -0.25) is 0 Å². The summed E-state index contributed by atoms with van der Waals surface area (Å²) < 4.78 is 13.1. The average Bonchev–Trinajstić information content (AvgIpc) is 2.73. The topological polar surface area (TPSA) is 12.0 Å². The van der Waals surface area contributed by atoms with Crippen LogP contribution in [0.3, 0.4) is 0 Å². The molecule has 1 aliphatic rings. The minimum Gasteiger partial charge on any atom is -0.309 e. The molecule has 2 aromatic rings. The Kier molecular flexibility index (Phi) is 3.67. The molecule has 0 spiro atoms. The summed E-state index contributed by atoms with van der Waals surface area (Å²) in [4.78, 5) is 1.43. The Balaban J connectivity index is 1.49. The van der Waals surface area contributed by atoms with E-state index in [9.17, 15) is 4.39 Å². The number of benzene rings is 1. The third-order valence-electron chi connectivity index (χ3n) is 3.98. The zero-order chi connectivity index (χ0) is 13.2. The minimum atomic E-state index is -0.122. The van der Waals surface area contributed by atoms with Crippen LogP contribution < -0.4 is 5.32 Å². The first kappa shape index (κ1) is 12.8. The molecule has 1 aromatic heterocycles. The van der Waals surface area contributed by atoms with E-state index in [1.807, 2.05) is 17.4 Å². The normalized spacial score (nSPS) is 22.2. The molecule has 0 saturated heterocycles. The number of halogens is 1. The Morgan fingerprint density at radius 3 is 2.84 bits per heavy atom. The number of hydrogen-bond donors (Lipinski definition) is 1. The Hall–Kier alpha value is -1.19. The summed E-state index contributed by atoms with van der Waals surface area (Å²) in [6.45, 7) is 3.12. The van der Waals surface area contributed by atoms with Gasteiger partial charge >= 0.3 is 0 Å². The highest BCUT2D eigenvalue weighted by atomic mass is 32.1. The molecule has 1 nitrogen and oxygen atoms in total. The van der Waals surface area contributed by atoms with Crippen molar-refractivity contribution in [2.75, 3.05) is 0 Å². The molecule has 0 atom stereocenters. The van der Waals surface area contributed by atoms with Crippen LogP contribution in [0.25, 0.3) is 0 Å². The Bertz CT molecular complexity index is 557. The zero-order valence-electron chi connectivity index (χ0n) is 11.0. The molecule has 1 aliphatic carbocycles. The lowest BCUT2D eigenvalue weighted by Gasteiger charge is -2.36. The van der Waals surface area contributed by atoms with E-state index in [0.29, 0.717) is 12.0 Å². The van der Waals surface area contributed by atoms with Crippen molar-refractivity contribution in [2.24, 2.45) is 0 Å². The third-order valence-corrected chi connectivity index (χ3v) is 5.00.